The lowest BCUT2D eigenvalue weighted by Gasteiger charge is -2.31. The number of thiophene rings is 2. The predicted octanol–water partition coefficient (Wildman–Crippen LogP) is 18.7. The first kappa shape index (κ1) is 38.9. The second-order valence-electron chi connectivity index (χ2n) is 18.7. The van der Waals surface area contributed by atoms with Gasteiger partial charge in [-0.3, -0.25) is 0 Å². The zero-order chi connectivity index (χ0) is 43.8. The van der Waals surface area contributed by atoms with Crippen molar-refractivity contribution < 1.29 is 0 Å². The minimum Gasteiger partial charge on any atom is -0.310 e. The first-order chi connectivity index (χ1) is 31.6. The van der Waals surface area contributed by atoms with Gasteiger partial charge in [0.15, 0.2) is 0 Å². The van der Waals surface area contributed by atoms with Gasteiger partial charge in [0.05, 0.1) is 0 Å². The topological polar surface area (TPSA) is 6.48 Å². The minimum absolute atomic E-state index is 0.147. The van der Waals surface area contributed by atoms with Crippen LogP contribution in [0.25, 0.3) is 62.6 Å². The van der Waals surface area contributed by atoms with E-state index >= 15 is 0 Å². The third-order valence-electron chi connectivity index (χ3n) is 14.3. The van der Waals surface area contributed by atoms with E-state index in [1.165, 1.54) is 84.9 Å². The molecular weight excluding hydrogens is 893 g/mol. The van der Waals surface area contributed by atoms with Gasteiger partial charge in [-0.25, -0.2) is 0 Å². The quantitative estimate of drug-likeness (QED) is 0.164. The Morgan fingerprint density at radius 3 is 1.17 bits per heavy atom. The molecule has 2 aliphatic rings. The lowest BCUT2D eigenvalue weighted by molar-refractivity contribution is 0.660. The Hall–Kier alpha value is -6.50. The molecule has 0 saturated heterocycles. The van der Waals surface area contributed by atoms with E-state index in [4.69, 9.17) is 0 Å². The molecule has 13 rings (SSSR count). The average molecular weight is 936 g/mol. The van der Waals surface area contributed by atoms with E-state index in [-0.39, 0.29) is 10.8 Å². The first-order valence-corrected chi connectivity index (χ1v) is 24.8. The van der Waals surface area contributed by atoms with Gasteiger partial charge in [0.25, 0.3) is 0 Å². The fourth-order valence-electron chi connectivity index (χ4n) is 11.1. The van der Waals surface area contributed by atoms with E-state index < -0.39 is 0 Å². The summed E-state index contributed by atoms with van der Waals surface area (Å²) in [4.78, 5) is 4.94. The maximum Gasteiger partial charge on any atom is 0.0493 e. The van der Waals surface area contributed by atoms with Crippen LogP contribution in [0.4, 0.5) is 34.1 Å². The number of fused-ring (bicyclic) bond motifs is 12. The maximum absolute atomic E-state index is 4.10. The summed E-state index contributed by atoms with van der Waals surface area (Å²) in [5.74, 6) is 0. The fourth-order valence-corrected chi connectivity index (χ4v) is 13.7. The third kappa shape index (κ3) is 5.88. The minimum atomic E-state index is -0.147. The zero-order valence-electron chi connectivity index (χ0n) is 36.5. The summed E-state index contributed by atoms with van der Waals surface area (Å²) < 4.78 is 6.20. The Morgan fingerprint density at radius 1 is 0.323 bits per heavy atom. The molecule has 2 aromatic heterocycles. The molecule has 0 aliphatic heterocycles. The highest BCUT2D eigenvalue weighted by Gasteiger charge is 2.37. The van der Waals surface area contributed by atoms with Crippen molar-refractivity contribution in [2.75, 3.05) is 9.80 Å². The highest BCUT2D eigenvalue weighted by Crippen LogP contribution is 2.54. The van der Waals surface area contributed by atoms with Crippen LogP contribution in [-0.4, -0.2) is 0 Å². The van der Waals surface area contributed by atoms with Crippen LogP contribution in [0, 0.1) is 0 Å². The molecule has 2 nitrogen and oxygen atoms in total. The van der Waals surface area contributed by atoms with Crippen LogP contribution in [-0.2, 0) is 10.8 Å². The lowest BCUT2D eigenvalue weighted by atomic mass is 9.82. The number of hydrogen-bond acceptors (Lipinski definition) is 4. The molecule has 65 heavy (non-hydrogen) atoms. The van der Waals surface area contributed by atoms with Gasteiger partial charge in [0.1, 0.15) is 0 Å². The summed E-state index contributed by atoms with van der Waals surface area (Å²) in [7, 11) is 0. The largest absolute Gasteiger partial charge is 0.310 e. The summed E-state index contributed by atoms with van der Waals surface area (Å²) in [6.07, 6.45) is 0. The summed E-state index contributed by atoms with van der Waals surface area (Å²) in [6, 6.07) is 70.6. The smallest absolute Gasteiger partial charge is 0.0493 e. The van der Waals surface area contributed by atoms with Gasteiger partial charge in [0.2, 0.25) is 0 Å². The number of nitrogens with zero attached hydrogens (tertiary/aromatic N) is 2. The second-order valence-corrected chi connectivity index (χ2v) is 21.8. The van der Waals surface area contributed by atoms with Crippen molar-refractivity contribution in [1.82, 2.24) is 0 Å². The van der Waals surface area contributed by atoms with Gasteiger partial charge >= 0.3 is 0 Å². The van der Waals surface area contributed by atoms with Gasteiger partial charge < -0.3 is 9.80 Å². The SMILES string of the molecule is CC1(C)c2ccccc2-c2ccc(N(c3cc(Br)cc(N(c4ccc5c(c4)C(C)(C)c4ccccc4-5)c4ccc5sc6ccccc6c5c4)c3)c3ccc4sc5ccccc5c4c3)cc21. The first-order valence-electron chi connectivity index (χ1n) is 22.3. The highest BCUT2D eigenvalue weighted by molar-refractivity contribution is 9.10. The predicted molar refractivity (Wildman–Crippen MR) is 284 cm³/mol. The summed E-state index contributed by atoms with van der Waals surface area (Å²) in [6.45, 7) is 9.48. The number of halogens is 1. The van der Waals surface area contributed by atoms with E-state index in [0.29, 0.717) is 0 Å². The molecule has 2 aliphatic carbocycles. The van der Waals surface area contributed by atoms with Crippen molar-refractivity contribution in [3.8, 4) is 22.3 Å². The molecule has 0 saturated carbocycles. The van der Waals surface area contributed by atoms with E-state index in [1.54, 1.807) is 0 Å². The molecule has 0 unspecified atom stereocenters. The molecule has 2 heterocycles. The molecule has 0 atom stereocenters. The standard InChI is InChI=1S/C60H43BrN2S2/c1-59(2)51-17-9-5-13-43(51)45-25-21-39(34-53(45)59)62(37-23-27-57-49(32-37)47-15-7-11-19-55(47)64-57)41-29-36(61)30-42(31-41)63(38-24-28-58-50(33-38)48-16-8-12-20-56(48)65-58)40-22-26-46-44-14-6-10-18-52(44)60(3,4)54(46)35-40/h5-35H,1-4H3. The molecule has 0 amide bonds. The zero-order valence-corrected chi connectivity index (χ0v) is 39.7. The van der Waals surface area contributed by atoms with Crippen LogP contribution in [0.1, 0.15) is 49.9 Å². The van der Waals surface area contributed by atoms with Crippen LogP contribution in [0.3, 0.4) is 0 Å². The molecule has 0 radical (unpaired) electrons. The van der Waals surface area contributed by atoms with Crippen LogP contribution < -0.4 is 9.80 Å². The molecule has 0 N–H and O–H groups in total. The van der Waals surface area contributed by atoms with Gasteiger partial charge in [-0.1, -0.05) is 141 Å². The summed E-state index contributed by atoms with van der Waals surface area (Å²) >= 11 is 7.82. The second kappa shape index (κ2) is 14.2. The number of rotatable bonds is 6. The van der Waals surface area contributed by atoms with Crippen molar-refractivity contribution in [2.45, 2.75) is 38.5 Å². The molecule has 11 aromatic rings. The van der Waals surface area contributed by atoms with Crippen molar-refractivity contribution in [1.29, 1.82) is 0 Å². The van der Waals surface area contributed by atoms with Gasteiger partial charge in [0, 0.05) is 89.8 Å². The summed E-state index contributed by atoms with van der Waals surface area (Å²) in [5.41, 5.74) is 17.1. The van der Waals surface area contributed by atoms with E-state index in [1.807, 2.05) is 22.7 Å². The molecule has 5 heteroatoms. The number of anilines is 6. The van der Waals surface area contributed by atoms with E-state index in [2.05, 4.69) is 241 Å². The molecule has 0 bridgehead atoms. The van der Waals surface area contributed by atoms with E-state index in [0.717, 1.165) is 38.6 Å². The number of hydrogen-bond donors (Lipinski definition) is 0. The fraction of sp³-hybridized carbons (Fsp3) is 0.100. The van der Waals surface area contributed by atoms with Crippen LogP contribution in [0.15, 0.2) is 193 Å². The van der Waals surface area contributed by atoms with Crippen molar-refractivity contribution in [3.05, 3.63) is 215 Å². The maximum atomic E-state index is 4.10. The monoisotopic (exact) mass is 934 g/mol. The van der Waals surface area contributed by atoms with Crippen molar-refractivity contribution in [2.24, 2.45) is 0 Å². The molecule has 0 spiro atoms. The summed E-state index contributed by atoms with van der Waals surface area (Å²) in [5, 5.41) is 5.13. The lowest BCUT2D eigenvalue weighted by Crippen LogP contribution is -2.17. The molecule has 0 fully saturated rings. The van der Waals surface area contributed by atoms with Gasteiger partial charge in [-0.05, 0) is 136 Å². The highest BCUT2D eigenvalue weighted by atomic mass is 79.9. The average Bonchev–Trinajstić information content (AvgIpc) is 4.01. The Bertz CT molecular complexity index is 3530. The molecular formula is C60H43BrN2S2. The van der Waals surface area contributed by atoms with Crippen LogP contribution in [0.2, 0.25) is 0 Å². The van der Waals surface area contributed by atoms with Gasteiger partial charge in [-0.15, -0.1) is 22.7 Å². The van der Waals surface area contributed by atoms with Crippen LogP contribution in [0.5, 0.6) is 0 Å². The normalized spacial score (nSPS) is 14.2. The Balaban J connectivity index is 1.04. The van der Waals surface area contributed by atoms with Crippen molar-refractivity contribution in [3.63, 3.8) is 0 Å². The van der Waals surface area contributed by atoms with Crippen molar-refractivity contribution >= 4 is 113 Å². The Labute approximate surface area is 395 Å². The molecule has 9 aromatic carbocycles. The van der Waals surface area contributed by atoms with Gasteiger partial charge in [-0.2, -0.15) is 0 Å². The van der Waals surface area contributed by atoms with E-state index in [9.17, 15) is 0 Å². The third-order valence-corrected chi connectivity index (χ3v) is 17.0. The van der Waals surface area contributed by atoms with Crippen LogP contribution >= 0.6 is 38.6 Å². The molecule has 312 valence electrons. The number of benzene rings is 9. The Kier molecular flexibility index (Phi) is 8.53. The Morgan fingerprint density at radius 2 is 0.692 bits per heavy atom.